The Balaban J connectivity index is 1.65. The van der Waals surface area contributed by atoms with Gasteiger partial charge in [-0.2, -0.15) is 0 Å². The van der Waals surface area contributed by atoms with Crippen LogP contribution in [0.1, 0.15) is 5.56 Å². The van der Waals surface area contributed by atoms with E-state index in [4.69, 9.17) is 9.47 Å². The average molecular weight is 376 g/mol. The van der Waals surface area contributed by atoms with Gasteiger partial charge in [-0.15, -0.1) is 0 Å². The molecule has 26 heavy (non-hydrogen) atoms. The van der Waals surface area contributed by atoms with Gasteiger partial charge in [0.05, 0.1) is 18.6 Å². The third kappa shape index (κ3) is 3.81. The van der Waals surface area contributed by atoms with Crippen LogP contribution in [-0.2, 0) is 14.8 Å². The molecule has 1 atom stereocenters. The molecule has 1 amide bonds. The topological polar surface area (TPSA) is 84.9 Å². The Bertz CT molecular complexity index is 896. The molecular weight excluding hydrogens is 356 g/mol. The van der Waals surface area contributed by atoms with E-state index in [0.29, 0.717) is 17.0 Å². The number of benzene rings is 2. The molecule has 0 bridgehead atoms. The smallest absolute Gasteiger partial charge is 0.414 e. The highest BCUT2D eigenvalue weighted by Crippen LogP contribution is 2.24. The Hall–Kier alpha value is -2.58. The first-order valence-corrected chi connectivity index (χ1v) is 9.56. The number of cyclic esters (lactones) is 1. The summed E-state index contributed by atoms with van der Waals surface area (Å²) in [7, 11) is -2.10. The first-order valence-electron chi connectivity index (χ1n) is 8.08. The fourth-order valence-corrected chi connectivity index (χ4v) is 4.05. The summed E-state index contributed by atoms with van der Waals surface area (Å²) in [6.07, 6.45) is -1.07. The molecule has 0 saturated carbocycles. The maximum absolute atomic E-state index is 12.4. The highest BCUT2D eigenvalue weighted by molar-refractivity contribution is 7.89. The van der Waals surface area contributed by atoms with E-state index < -0.39 is 22.2 Å². The average Bonchev–Trinajstić information content (AvgIpc) is 3.01. The Labute approximate surface area is 152 Å². The van der Waals surface area contributed by atoms with Crippen LogP contribution in [0.5, 0.6) is 5.75 Å². The molecule has 3 rings (SSSR count). The molecule has 2 aromatic carbocycles. The van der Waals surface area contributed by atoms with Crippen LogP contribution in [0.15, 0.2) is 53.4 Å². The number of carbonyl (C=O) groups excluding carboxylic acids is 1. The second kappa shape index (κ2) is 7.35. The van der Waals surface area contributed by atoms with Gasteiger partial charge in [0.15, 0.2) is 0 Å². The van der Waals surface area contributed by atoms with Gasteiger partial charge in [-0.25, -0.2) is 17.9 Å². The fraction of sp³-hybridized carbons (Fsp3) is 0.278. The minimum absolute atomic E-state index is 0.00899. The second-order valence-corrected chi connectivity index (χ2v) is 7.67. The summed E-state index contributed by atoms with van der Waals surface area (Å²) in [6, 6.07) is 13.7. The van der Waals surface area contributed by atoms with E-state index in [9.17, 15) is 13.2 Å². The minimum atomic E-state index is -3.66. The quantitative estimate of drug-likeness (QED) is 0.836. The Kier molecular flexibility index (Phi) is 5.15. The zero-order valence-corrected chi connectivity index (χ0v) is 15.3. The zero-order chi connectivity index (χ0) is 18.7. The summed E-state index contributed by atoms with van der Waals surface area (Å²) in [5.41, 5.74) is 1.32. The van der Waals surface area contributed by atoms with Crippen LogP contribution in [-0.4, -0.2) is 40.8 Å². The summed E-state index contributed by atoms with van der Waals surface area (Å²) in [5, 5.41) is 0. The summed E-state index contributed by atoms with van der Waals surface area (Å²) < 4.78 is 37.8. The van der Waals surface area contributed by atoms with Crippen molar-refractivity contribution in [1.82, 2.24) is 4.72 Å². The molecular formula is C18H20N2O5S. The van der Waals surface area contributed by atoms with Crippen molar-refractivity contribution < 1.29 is 22.7 Å². The standard InChI is InChI=1S/C18H20N2O5S/c1-13-5-3-4-6-17(13)26(22,23)19-11-16-12-20(18(21)25-16)14-7-9-15(24-2)10-8-14/h3-10,16,19H,11-12H2,1-2H3. The summed E-state index contributed by atoms with van der Waals surface area (Å²) in [6.45, 7) is 2.01. The van der Waals surface area contributed by atoms with E-state index in [1.165, 1.54) is 4.90 Å². The van der Waals surface area contributed by atoms with Crippen molar-refractivity contribution >= 4 is 21.8 Å². The van der Waals surface area contributed by atoms with Gasteiger partial charge >= 0.3 is 6.09 Å². The van der Waals surface area contributed by atoms with Gasteiger partial charge in [0.25, 0.3) is 0 Å². The second-order valence-electron chi connectivity index (χ2n) is 5.93. The normalized spacial score (nSPS) is 17.2. The molecule has 1 fully saturated rings. The molecule has 8 heteroatoms. The number of nitrogens with one attached hydrogen (secondary N) is 1. The number of aryl methyl sites for hydroxylation is 1. The van der Waals surface area contributed by atoms with E-state index in [1.807, 2.05) is 0 Å². The largest absolute Gasteiger partial charge is 0.497 e. The number of rotatable bonds is 6. The van der Waals surface area contributed by atoms with E-state index in [2.05, 4.69) is 4.72 Å². The van der Waals surface area contributed by atoms with Crippen LogP contribution >= 0.6 is 0 Å². The Morgan fingerprint density at radius 1 is 1.19 bits per heavy atom. The van der Waals surface area contributed by atoms with Crippen LogP contribution in [0.25, 0.3) is 0 Å². The molecule has 1 N–H and O–H groups in total. The third-order valence-corrected chi connectivity index (χ3v) is 5.73. The molecule has 1 aliphatic rings. The molecule has 1 aliphatic heterocycles. The minimum Gasteiger partial charge on any atom is -0.497 e. The van der Waals surface area contributed by atoms with Crippen molar-refractivity contribution in [2.24, 2.45) is 0 Å². The van der Waals surface area contributed by atoms with E-state index in [-0.39, 0.29) is 18.0 Å². The molecule has 0 radical (unpaired) electrons. The molecule has 2 aromatic rings. The fourth-order valence-electron chi connectivity index (χ4n) is 2.74. The van der Waals surface area contributed by atoms with Gasteiger partial charge < -0.3 is 9.47 Å². The number of amides is 1. The first kappa shape index (κ1) is 18.2. The van der Waals surface area contributed by atoms with Crippen LogP contribution < -0.4 is 14.4 Å². The SMILES string of the molecule is COc1ccc(N2CC(CNS(=O)(=O)c3ccccc3C)OC2=O)cc1. The predicted molar refractivity (Wildman–Crippen MR) is 97.0 cm³/mol. The van der Waals surface area contributed by atoms with Crippen molar-refractivity contribution in [2.75, 3.05) is 25.1 Å². The monoisotopic (exact) mass is 376 g/mol. The number of ether oxygens (including phenoxy) is 2. The molecule has 138 valence electrons. The maximum Gasteiger partial charge on any atom is 0.414 e. The van der Waals surface area contributed by atoms with Gasteiger partial charge in [0.1, 0.15) is 11.9 Å². The molecule has 0 spiro atoms. The summed E-state index contributed by atoms with van der Waals surface area (Å²) in [4.78, 5) is 13.8. The van der Waals surface area contributed by atoms with Gasteiger partial charge in [0, 0.05) is 12.2 Å². The van der Waals surface area contributed by atoms with Crippen LogP contribution in [0.3, 0.4) is 0 Å². The molecule has 1 unspecified atom stereocenters. The Morgan fingerprint density at radius 3 is 2.54 bits per heavy atom. The lowest BCUT2D eigenvalue weighted by Crippen LogP contribution is -2.34. The summed E-state index contributed by atoms with van der Waals surface area (Å²) in [5.74, 6) is 0.684. The van der Waals surface area contributed by atoms with Gasteiger partial charge in [-0.1, -0.05) is 18.2 Å². The van der Waals surface area contributed by atoms with Crippen LogP contribution in [0, 0.1) is 6.92 Å². The molecule has 0 aromatic heterocycles. The van der Waals surface area contributed by atoms with Gasteiger partial charge in [-0.3, -0.25) is 4.90 Å². The number of methoxy groups -OCH3 is 1. The lowest BCUT2D eigenvalue weighted by Gasteiger charge is -2.14. The van der Waals surface area contributed by atoms with Crippen molar-refractivity contribution in [3.63, 3.8) is 0 Å². The van der Waals surface area contributed by atoms with E-state index in [0.717, 1.165) is 0 Å². The first-order chi connectivity index (χ1) is 12.4. The highest BCUT2D eigenvalue weighted by Gasteiger charge is 2.33. The maximum atomic E-state index is 12.4. The zero-order valence-electron chi connectivity index (χ0n) is 14.5. The lowest BCUT2D eigenvalue weighted by atomic mass is 10.2. The number of anilines is 1. The number of nitrogens with zero attached hydrogens (tertiary/aromatic N) is 1. The third-order valence-electron chi connectivity index (χ3n) is 4.14. The van der Waals surface area contributed by atoms with Crippen LogP contribution in [0.4, 0.5) is 10.5 Å². The number of carbonyl (C=O) groups is 1. The van der Waals surface area contributed by atoms with Gasteiger partial charge in [0.2, 0.25) is 10.0 Å². The van der Waals surface area contributed by atoms with Crippen molar-refractivity contribution in [1.29, 1.82) is 0 Å². The number of sulfonamides is 1. The Morgan fingerprint density at radius 2 is 1.88 bits per heavy atom. The van der Waals surface area contributed by atoms with Crippen molar-refractivity contribution in [3.8, 4) is 5.75 Å². The van der Waals surface area contributed by atoms with E-state index >= 15 is 0 Å². The molecule has 1 saturated heterocycles. The summed E-state index contributed by atoms with van der Waals surface area (Å²) >= 11 is 0. The highest BCUT2D eigenvalue weighted by atomic mass is 32.2. The number of hydrogen-bond acceptors (Lipinski definition) is 5. The number of hydrogen-bond donors (Lipinski definition) is 1. The predicted octanol–water partition coefficient (Wildman–Crippen LogP) is 2.31. The van der Waals surface area contributed by atoms with Crippen molar-refractivity contribution in [2.45, 2.75) is 17.9 Å². The molecule has 7 nitrogen and oxygen atoms in total. The van der Waals surface area contributed by atoms with Gasteiger partial charge in [-0.05, 0) is 42.8 Å². The van der Waals surface area contributed by atoms with Crippen molar-refractivity contribution in [3.05, 3.63) is 54.1 Å². The molecule has 1 heterocycles. The molecule has 0 aliphatic carbocycles. The van der Waals surface area contributed by atoms with E-state index in [1.54, 1.807) is 62.6 Å². The van der Waals surface area contributed by atoms with Crippen LogP contribution in [0.2, 0.25) is 0 Å². The lowest BCUT2D eigenvalue weighted by molar-refractivity contribution is 0.143.